The molecule has 0 aliphatic rings. The molecule has 1 heterocycles. The molecule has 6 nitrogen and oxygen atoms in total. The van der Waals surface area contributed by atoms with Crippen molar-refractivity contribution in [2.75, 3.05) is 34.2 Å². The Bertz CT molecular complexity index is 480. The van der Waals surface area contributed by atoms with E-state index in [1.54, 1.807) is 0 Å². The highest BCUT2D eigenvalue weighted by Gasteiger charge is 2.16. The molecule has 1 rings (SSSR count). The lowest BCUT2D eigenvalue weighted by Gasteiger charge is -2.25. The number of nitrogens with zero attached hydrogens (tertiary/aromatic N) is 4. The summed E-state index contributed by atoms with van der Waals surface area (Å²) in [6.07, 6.45) is 9.06. The molecule has 0 aliphatic carbocycles. The SMILES string of the molecule is CCCCC(CC)CNC(=NC)NCC(c1cnn(C)c1)N(C)C. The Hall–Kier alpha value is -1.56. The second-order valence-corrected chi connectivity index (χ2v) is 6.68. The molecule has 2 N–H and O–H groups in total. The molecule has 0 bridgehead atoms. The van der Waals surface area contributed by atoms with Crippen LogP contribution in [-0.4, -0.2) is 54.9 Å². The van der Waals surface area contributed by atoms with Gasteiger partial charge in [-0.25, -0.2) is 0 Å². The number of unbranched alkanes of at least 4 members (excludes halogenated alkanes) is 1. The van der Waals surface area contributed by atoms with Gasteiger partial charge >= 0.3 is 0 Å². The summed E-state index contributed by atoms with van der Waals surface area (Å²) in [7, 11) is 7.96. The van der Waals surface area contributed by atoms with Crippen molar-refractivity contribution in [1.82, 2.24) is 25.3 Å². The van der Waals surface area contributed by atoms with E-state index in [0.29, 0.717) is 5.92 Å². The molecule has 0 spiro atoms. The predicted octanol–water partition coefficient (Wildman–Crippen LogP) is 2.40. The summed E-state index contributed by atoms with van der Waals surface area (Å²) in [5, 5.41) is 11.2. The number of guanidine groups is 1. The summed E-state index contributed by atoms with van der Waals surface area (Å²) < 4.78 is 1.85. The maximum Gasteiger partial charge on any atom is 0.191 e. The van der Waals surface area contributed by atoms with Crippen molar-refractivity contribution in [2.24, 2.45) is 18.0 Å². The fraction of sp³-hybridized carbons (Fsp3) is 0.778. The van der Waals surface area contributed by atoms with Gasteiger partial charge in [-0.1, -0.05) is 33.1 Å². The molecule has 138 valence electrons. The minimum atomic E-state index is 0.263. The molecule has 2 unspecified atom stereocenters. The third kappa shape index (κ3) is 6.91. The van der Waals surface area contributed by atoms with Crippen molar-refractivity contribution >= 4 is 5.96 Å². The van der Waals surface area contributed by atoms with Crippen LogP contribution in [0.1, 0.15) is 51.1 Å². The first-order valence-corrected chi connectivity index (χ1v) is 9.11. The van der Waals surface area contributed by atoms with Gasteiger partial charge in [0.25, 0.3) is 0 Å². The van der Waals surface area contributed by atoms with E-state index in [-0.39, 0.29) is 6.04 Å². The van der Waals surface area contributed by atoms with Crippen LogP contribution in [0.15, 0.2) is 17.4 Å². The molecule has 0 saturated heterocycles. The van der Waals surface area contributed by atoms with Gasteiger partial charge in [0, 0.05) is 38.9 Å². The van der Waals surface area contributed by atoms with Gasteiger partial charge in [-0.05, 0) is 26.4 Å². The summed E-state index contributed by atoms with van der Waals surface area (Å²) in [5.41, 5.74) is 1.21. The smallest absolute Gasteiger partial charge is 0.191 e. The fourth-order valence-corrected chi connectivity index (χ4v) is 2.81. The number of rotatable bonds is 10. The number of hydrogen-bond donors (Lipinski definition) is 2. The van der Waals surface area contributed by atoms with Crippen LogP contribution in [0.25, 0.3) is 0 Å². The lowest BCUT2D eigenvalue weighted by atomic mass is 9.99. The number of hydrogen-bond acceptors (Lipinski definition) is 3. The van der Waals surface area contributed by atoms with E-state index in [9.17, 15) is 0 Å². The Morgan fingerprint density at radius 3 is 2.50 bits per heavy atom. The Morgan fingerprint density at radius 1 is 1.29 bits per heavy atom. The summed E-state index contributed by atoms with van der Waals surface area (Å²) in [6, 6.07) is 0.263. The number of aromatic nitrogens is 2. The molecule has 0 radical (unpaired) electrons. The van der Waals surface area contributed by atoms with E-state index < -0.39 is 0 Å². The van der Waals surface area contributed by atoms with Gasteiger partial charge in [-0.2, -0.15) is 5.10 Å². The van der Waals surface area contributed by atoms with Crippen LogP contribution >= 0.6 is 0 Å². The Morgan fingerprint density at radius 2 is 2.00 bits per heavy atom. The maximum absolute atomic E-state index is 4.36. The van der Waals surface area contributed by atoms with Crippen LogP contribution in [0, 0.1) is 5.92 Å². The van der Waals surface area contributed by atoms with Crippen LogP contribution in [0.4, 0.5) is 0 Å². The van der Waals surface area contributed by atoms with E-state index >= 15 is 0 Å². The van der Waals surface area contributed by atoms with Crippen molar-refractivity contribution in [1.29, 1.82) is 0 Å². The number of aliphatic imine (C=N–C) groups is 1. The lowest BCUT2D eigenvalue weighted by molar-refractivity contribution is 0.298. The van der Waals surface area contributed by atoms with Crippen molar-refractivity contribution in [3.63, 3.8) is 0 Å². The van der Waals surface area contributed by atoms with Gasteiger partial charge in [0.1, 0.15) is 0 Å². The van der Waals surface area contributed by atoms with E-state index in [1.165, 1.54) is 31.2 Å². The molecule has 24 heavy (non-hydrogen) atoms. The zero-order valence-electron chi connectivity index (χ0n) is 16.3. The lowest BCUT2D eigenvalue weighted by Crippen LogP contribution is -2.43. The topological polar surface area (TPSA) is 57.5 Å². The standard InChI is InChI=1S/C18H36N6/c1-7-9-10-15(8-2)11-20-18(19-3)21-13-17(23(4)5)16-12-22-24(6)14-16/h12,14-15,17H,7-11,13H2,1-6H3,(H2,19,20,21). The largest absolute Gasteiger partial charge is 0.356 e. The first kappa shape index (κ1) is 20.5. The van der Waals surface area contributed by atoms with Gasteiger partial charge in [0.2, 0.25) is 0 Å². The predicted molar refractivity (Wildman–Crippen MR) is 102 cm³/mol. The fourth-order valence-electron chi connectivity index (χ4n) is 2.81. The average Bonchev–Trinajstić information content (AvgIpc) is 2.98. The van der Waals surface area contributed by atoms with Crippen molar-refractivity contribution in [3.8, 4) is 0 Å². The molecule has 0 fully saturated rings. The van der Waals surface area contributed by atoms with E-state index in [0.717, 1.165) is 19.0 Å². The van der Waals surface area contributed by atoms with E-state index in [2.05, 4.69) is 59.8 Å². The molecule has 0 aliphatic heterocycles. The Balaban J connectivity index is 2.52. The Labute approximate surface area is 147 Å². The maximum atomic E-state index is 4.36. The molecule has 2 atom stereocenters. The number of likely N-dealkylation sites (N-methyl/N-ethyl adjacent to an activating group) is 1. The molecule has 1 aromatic rings. The van der Waals surface area contributed by atoms with Gasteiger partial charge < -0.3 is 15.5 Å². The van der Waals surface area contributed by atoms with Crippen LogP contribution in [0.5, 0.6) is 0 Å². The van der Waals surface area contributed by atoms with Gasteiger partial charge in [-0.3, -0.25) is 9.67 Å². The highest BCUT2D eigenvalue weighted by molar-refractivity contribution is 5.79. The normalized spacial score (nSPS) is 14.7. The third-order valence-corrected chi connectivity index (χ3v) is 4.52. The second kappa shape index (κ2) is 11.1. The minimum absolute atomic E-state index is 0.263. The van der Waals surface area contributed by atoms with Crippen LogP contribution in [0.2, 0.25) is 0 Å². The minimum Gasteiger partial charge on any atom is -0.356 e. The molecular weight excluding hydrogens is 300 g/mol. The van der Waals surface area contributed by atoms with Crippen molar-refractivity contribution < 1.29 is 0 Å². The van der Waals surface area contributed by atoms with Crippen LogP contribution in [-0.2, 0) is 7.05 Å². The molecule has 0 aromatic carbocycles. The average molecular weight is 337 g/mol. The monoisotopic (exact) mass is 336 g/mol. The van der Waals surface area contributed by atoms with Crippen LogP contribution in [0.3, 0.4) is 0 Å². The first-order chi connectivity index (χ1) is 11.5. The molecule has 0 saturated carbocycles. The number of aryl methyl sites for hydroxylation is 1. The van der Waals surface area contributed by atoms with E-state index in [4.69, 9.17) is 0 Å². The van der Waals surface area contributed by atoms with Gasteiger partial charge in [0.15, 0.2) is 5.96 Å². The zero-order valence-corrected chi connectivity index (χ0v) is 16.3. The molecular formula is C18H36N6. The second-order valence-electron chi connectivity index (χ2n) is 6.68. The number of nitrogens with one attached hydrogen (secondary N) is 2. The third-order valence-electron chi connectivity index (χ3n) is 4.52. The van der Waals surface area contributed by atoms with Gasteiger partial charge in [-0.15, -0.1) is 0 Å². The highest BCUT2D eigenvalue weighted by atomic mass is 15.3. The molecule has 0 amide bonds. The quantitative estimate of drug-likeness (QED) is 0.509. The molecule has 6 heteroatoms. The summed E-state index contributed by atoms with van der Waals surface area (Å²) in [4.78, 5) is 6.56. The first-order valence-electron chi connectivity index (χ1n) is 9.11. The summed E-state index contributed by atoms with van der Waals surface area (Å²) >= 11 is 0. The summed E-state index contributed by atoms with van der Waals surface area (Å²) in [5.74, 6) is 1.59. The zero-order chi connectivity index (χ0) is 17.9. The van der Waals surface area contributed by atoms with Gasteiger partial charge in [0.05, 0.1) is 12.2 Å². The van der Waals surface area contributed by atoms with E-state index in [1.807, 2.05) is 25.0 Å². The Kier molecular flexibility index (Phi) is 9.45. The van der Waals surface area contributed by atoms with Crippen molar-refractivity contribution in [3.05, 3.63) is 18.0 Å². The van der Waals surface area contributed by atoms with Crippen molar-refractivity contribution in [2.45, 2.75) is 45.6 Å². The summed E-state index contributed by atoms with van der Waals surface area (Å²) in [6.45, 7) is 6.29. The van der Waals surface area contributed by atoms with Crippen LogP contribution < -0.4 is 10.6 Å². The highest BCUT2D eigenvalue weighted by Crippen LogP contribution is 2.16. The molecule has 1 aromatic heterocycles.